The van der Waals surface area contributed by atoms with E-state index in [0.717, 1.165) is 0 Å². The number of carbonyl (C=O) groups is 2. The highest BCUT2D eigenvalue weighted by Gasteiger charge is 2.50. The average Bonchev–Trinajstić information content (AvgIpc) is 2.53. The lowest BCUT2D eigenvalue weighted by atomic mass is 10.0. The van der Waals surface area contributed by atoms with Crippen molar-refractivity contribution < 1.29 is 14.3 Å². The van der Waals surface area contributed by atoms with Crippen LogP contribution >= 0.6 is 11.6 Å². The fourth-order valence-corrected chi connectivity index (χ4v) is 2.54. The van der Waals surface area contributed by atoms with Gasteiger partial charge in [0.2, 0.25) is 0 Å². The maximum absolute atomic E-state index is 12.6. The van der Waals surface area contributed by atoms with Gasteiger partial charge < -0.3 is 10.1 Å². The molecule has 0 bridgehead atoms. The number of nitrogens with one attached hydrogen (secondary N) is 1. The summed E-state index contributed by atoms with van der Waals surface area (Å²) < 4.78 is 5.67. The first-order valence-electron chi connectivity index (χ1n) is 6.91. The number of rotatable bonds is 2. The number of hydrogen-bond acceptors (Lipinski definition) is 4. The number of halogens is 1. The van der Waals surface area contributed by atoms with Gasteiger partial charge in [-0.05, 0) is 37.3 Å². The van der Waals surface area contributed by atoms with Gasteiger partial charge in [0.05, 0.1) is 0 Å². The SMILES string of the molecule is CN1C(=O)C(C)(C(=O)Nc2cccc(Cl)c2)Oc2cccnc21. The van der Waals surface area contributed by atoms with Gasteiger partial charge in [0.25, 0.3) is 17.4 Å². The Morgan fingerprint density at radius 1 is 1.35 bits per heavy atom. The third kappa shape index (κ3) is 2.61. The second-order valence-electron chi connectivity index (χ2n) is 5.29. The molecule has 1 atom stereocenters. The minimum atomic E-state index is -1.69. The number of carbonyl (C=O) groups excluding carboxylic acids is 2. The van der Waals surface area contributed by atoms with E-state index in [0.29, 0.717) is 22.3 Å². The topological polar surface area (TPSA) is 71.5 Å². The molecule has 0 saturated carbocycles. The van der Waals surface area contributed by atoms with Gasteiger partial charge in [-0.25, -0.2) is 4.98 Å². The molecule has 3 rings (SSSR count). The highest BCUT2D eigenvalue weighted by Crippen LogP contribution is 2.35. The summed E-state index contributed by atoms with van der Waals surface area (Å²) in [5.41, 5.74) is -1.20. The molecule has 2 aromatic rings. The second-order valence-corrected chi connectivity index (χ2v) is 5.73. The molecule has 2 amide bonds. The van der Waals surface area contributed by atoms with Gasteiger partial charge in [0.15, 0.2) is 11.6 Å². The van der Waals surface area contributed by atoms with E-state index in [4.69, 9.17) is 16.3 Å². The van der Waals surface area contributed by atoms with Crippen molar-refractivity contribution in [2.24, 2.45) is 0 Å². The Bertz CT molecular complexity index is 796. The minimum absolute atomic E-state index is 0.373. The molecule has 0 aliphatic carbocycles. The van der Waals surface area contributed by atoms with Crippen LogP contribution in [0.5, 0.6) is 5.75 Å². The molecule has 23 heavy (non-hydrogen) atoms. The molecule has 0 radical (unpaired) electrons. The Labute approximate surface area is 138 Å². The fraction of sp³-hybridized carbons (Fsp3) is 0.188. The van der Waals surface area contributed by atoms with Gasteiger partial charge in [-0.2, -0.15) is 0 Å². The van der Waals surface area contributed by atoms with Crippen LogP contribution in [0.15, 0.2) is 42.6 Å². The summed E-state index contributed by atoms with van der Waals surface area (Å²) in [7, 11) is 1.56. The molecule has 1 aliphatic rings. The maximum Gasteiger partial charge on any atom is 0.281 e. The molecule has 1 unspecified atom stereocenters. The van der Waals surface area contributed by atoms with Crippen LogP contribution in [0, 0.1) is 0 Å². The maximum atomic E-state index is 12.6. The zero-order chi connectivity index (χ0) is 16.6. The second kappa shape index (κ2) is 5.55. The van der Waals surface area contributed by atoms with Crippen LogP contribution in [-0.4, -0.2) is 29.4 Å². The number of likely N-dealkylation sites (N-methyl/N-ethyl adjacent to an activating group) is 1. The smallest absolute Gasteiger partial charge is 0.281 e. The Hall–Kier alpha value is -2.60. The summed E-state index contributed by atoms with van der Waals surface area (Å²) in [5, 5.41) is 3.14. The van der Waals surface area contributed by atoms with Crippen molar-refractivity contribution in [3.8, 4) is 5.75 Å². The molecule has 118 valence electrons. The molecule has 1 aromatic heterocycles. The van der Waals surface area contributed by atoms with E-state index in [2.05, 4.69) is 10.3 Å². The van der Waals surface area contributed by atoms with Crippen LogP contribution < -0.4 is 15.0 Å². The zero-order valence-electron chi connectivity index (χ0n) is 12.5. The number of aromatic nitrogens is 1. The number of pyridine rings is 1. The van der Waals surface area contributed by atoms with Crippen molar-refractivity contribution in [2.75, 3.05) is 17.3 Å². The molecule has 0 saturated heterocycles. The van der Waals surface area contributed by atoms with Crippen molar-refractivity contribution in [1.29, 1.82) is 0 Å². The molecule has 1 aromatic carbocycles. The van der Waals surface area contributed by atoms with Crippen molar-refractivity contribution >= 4 is 34.9 Å². The van der Waals surface area contributed by atoms with E-state index in [1.807, 2.05) is 0 Å². The van der Waals surface area contributed by atoms with Crippen molar-refractivity contribution in [3.05, 3.63) is 47.6 Å². The number of anilines is 2. The highest BCUT2D eigenvalue weighted by molar-refractivity contribution is 6.31. The lowest BCUT2D eigenvalue weighted by Gasteiger charge is -2.36. The van der Waals surface area contributed by atoms with Gasteiger partial charge in [0, 0.05) is 24.0 Å². The Morgan fingerprint density at radius 2 is 2.13 bits per heavy atom. The first-order valence-corrected chi connectivity index (χ1v) is 7.29. The van der Waals surface area contributed by atoms with E-state index >= 15 is 0 Å². The van der Waals surface area contributed by atoms with E-state index < -0.39 is 17.4 Å². The Morgan fingerprint density at radius 3 is 2.87 bits per heavy atom. The standard InChI is InChI=1S/C16H14ClN3O3/c1-16(14(21)19-11-6-3-5-10(17)9-11)15(22)20(2)13-12(23-16)7-4-8-18-13/h3-9H,1-2H3,(H,19,21). The number of fused-ring (bicyclic) bond motifs is 1. The number of benzene rings is 1. The largest absolute Gasteiger partial charge is 0.464 e. The van der Waals surface area contributed by atoms with Crippen LogP contribution in [0.25, 0.3) is 0 Å². The molecule has 7 heteroatoms. The van der Waals surface area contributed by atoms with Gasteiger partial charge in [-0.15, -0.1) is 0 Å². The molecule has 0 fully saturated rings. The van der Waals surface area contributed by atoms with Gasteiger partial charge in [-0.1, -0.05) is 17.7 Å². The Balaban J connectivity index is 1.92. The summed E-state index contributed by atoms with van der Waals surface area (Å²) in [6.45, 7) is 1.43. The third-order valence-corrected chi connectivity index (χ3v) is 3.85. The summed E-state index contributed by atoms with van der Waals surface area (Å²) >= 11 is 5.90. The summed E-state index contributed by atoms with van der Waals surface area (Å²) in [6.07, 6.45) is 1.56. The number of hydrogen-bond donors (Lipinski definition) is 1. The molecular weight excluding hydrogens is 318 g/mol. The third-order valence-electron chi connectivity index (χ3n) is 3.61. The molecule has 2 heterocycles. The van der Waals surface area contributed by atoms with Crippen LogP contribution in [-0.2, 0) is 9.59 Å². The van der Waals surface area contributed by atoms with Crippen molar-refractivity contribution in [1.82, 2.24) is 4.98 Å². The number of ether oxygens (including phenoxy) is 1. The summed E-state index contributed by atoms with van der Waals surface area (Å²) in [6, 6.07) is 10.0. The van der Waals surface area contributed by atoms with E-state index in [-0.39, 0.29) is 0 Å². The van der Waals surface area contributed by atoms with Crippen molar-refractivity contribution in [2.45, 2.75) is 12.5 Å². The molecule has 1 N–H and O–H groups in total. The minimum Gasteiger partial charge on any atom is -0.464 e. The molecule has 1 aliphatic heterocycles. The summed E-state index contributed by atoms with van der Waals surface area (Å²) in [4.78, 5) is 30.6. The quantitative estimate of drug-likeness (QED) is 0.858. The number of amides is 2. The Kier molecular flexibility index (Phi) is 3.69. The van der Waals surface area contributed by atoms with Crippen LogP contribution in [0.4, 0.5) is 11.5 Å². The van der Waals surface area contributed by atoms with Crippen LogP contribution in [0.1, 0.15) is 6.92 Å². The molecule has 0 spiro atoms. The lowest BCUT2D eigenvalue weighted by molar-refractivity contribution is -0.145. The predicted molar refractivity (Wildman–Crippen MR) is 86.8 cm³/mol. The average molecular weight is 332 g/mol. The van der Waals surface area contributed by atoms with Crippen LogP contribution in [0.3, 0.4) is 0 Å². The first kappa shape index (κ1) is 15.3. The zero-order valence-corrected chi connectivity index (χ0v) is 13.3. The monoisotopic (exact) mass is 331 g/mol. The van der Waals surface area contributed by atoms with E-state index in [1.165, 1.54) is 11.8 Å². The highest BCUT2D eigenvalue weighted by atomic mass is 35.5. The van der Waals surface area contributed by atoms with Crippen molar-refractivity contribution in [3.63, 3.8) is 0 Å². The van der Waals surface area contributed by atoms with Crippen LogP contribution in [0.2, 0.25) is 5.02 Å². The van der Waals surface area contributed by atoms with Gasteiger partial charge in [-0.3, -0.25) is 14.5 Å². The first-order chi connectivity index (χ1) is 10.9. The van der Waals surface area contributed by atoms with Gasteiger partial charge >= 0.3 is 0 Å². The van der Waals surface area contributed by atoms with E-state index in [9.17, 15) is 9.59 Å². The fourth-order valence-electron chi connectivity index (χ4n) is 2.35. The number of nitrogens with zero attached hydrogens (tertiary/aromatic N) is 2. The predicted octanol–water partition coefficient (Wildman–Crippen LogP) is 2.49. The normalized spacial score (nSPS) is 19.8. The lowest BCUT2D eigenvalue weighted by Crippen LogP contribution is -2.60. The molecular formula is C16H14ClN3O3. The summed E-state index contributed by atoms with van der Waals surface area (Å²) in [5.74, 6) is -0.321. The molecule has 6 nitrogen and oxygen atoms in total. The van der Waals surface area contributed by atoms with E-state index in [1.54, 1.807) is 49.6 Å². The van der Waals surface area contributed by atoms with Gasteiger partial charge in [0.1, 0.15) is 0 Å².